The molecule has 0 saturated carbocycles. The van der Waals surface area contributed by atoms with E-state index in [4.69, 9.17) is 0 Å². The largest absolute Gasteiger partial charge is 0.350 e. The zero-order chi connectivity index (χ0) is 16.9. The zero-order valence-corrected chi connectivity index (χ0v) is 14.3. The highest BCUT2D eigenvalue weighted by Crippen LogP contribution is 2.39. The van der Waals surface area contributed by atoms with Gasteiger partial charge in [-0.25, -0.2) is 0 Å². The van der Waals surface area contributed by atoms with Crippen LogP contribution in [0.25, 0.3) is 0 Å². The Bertz CT molecular complexity index is 733. The second-order valence-corrected chi connectivity index (χ2v) is 6.90. The first kappa shape index (κ1) is 16.6. The third-order valence-electron chi connectivity index (χ3n) is 4.08. The van der Waals surface area contributed by atoms with Crippen LogP contribution in [0.4, 0.5) is 0 Å². The lowest BCUT2D eigenvalue weighted by Crippen LogP contribution is -2.46. The lowest BCUT2D eigenvalue weighted by Gasteiger charge is -2.17. The van der Waals surface area contributed by atoms with E-state index >= 15 is 0 Å². The second-order valence-electron chi connectivity index (χ2n) is 5.84. The summed E-state index contributed by atoms with van der Waals surface area (Å²) in [6.45, 7) is 2.17. The Morgan fingerprint density at radius 3 is 2.62 bits per heavy atom. The fraction of sp³-hybridized carbons (Fsp3) is 0.263. The molecule has 0 saturated heterocycles. The zero-order valence-electron chi connectivity index (χ0n) is 13.5. The first-order valence-corrected chi connectivity index (χ1v) is 8.97. The van der Waals surface area contributed by atoms with Crippen LogP contribution in [0.1, 0.15) is 24.0 Å². The molecule has 2 amide bonds. The highest BCUT2D eigenvalue weighted by atomic mass is 32.2. The Morgan fingerprint density at radius 1 is 1.12 bits per heavy atom. The molecule has 0 unspecified atom stereocenters. The van der Waals surface area contributed by atoms with Gasteiger partial charge in [-0.2, -0.15) is 0 Å². The number of hydrogen-bond acceptors (Lipinski definition) is 3. The van der Waals surface area contributed by atoms with E-state index in [1.807, 2.05) is 54.6 Å². The monoisotopic (exact) mass is 340 g/mol. The number of hydrogen-bond donors (Lipinski definition) is 2. The van der Waals surface area contributed by atoms with Crippen LogP contribution in [0.3, 0.4) is 0 Å². The molecule has 0 spiro atoms. The number of carbonyl (C=O) groups excluding carboxylic acids is 2. The van der Waals surface area contributed by atoms with Gasteiger partial charge in [0, 0.05) is 17.2 Å². The van der Waals surface area contributed by atoms with Gasteiger partial charge in [0.1, 0.15) is 6.04 Å². The Morgan fingerprint density at radius 2 is 1.83 bits per heavy atom. The molecule has 3 rings (SSSR count). The Hall–Kier alpha value is -2.27. The summed E-state index contributed by atoms with van der Waals surface area (Å²) in [7, 11) is 0. The quantitative estimate of drug-likeness (QED) is 0.880. The fourth-order valence-electron chi connectivity index (χ4n) is 2.70. The number of carbonyl (C=O) groups is 2. The van der Waals surface area contributed by atoms with Crippen LogP contribution < -0.4 is 10.6 Å². The van der Waals surface area contributed by atoms with Crippen molar-refractivity contribution < 1.29 is 9.59 Å². The average Bonchev–Trinajstić information content (AvgIpc) is 3.04. The number of fused-ring (bicyclic) bond motifs is 1. The molecule has 2 N–H and O–H groups in total. The smallest absolute Gasteiger partial charge is 0.242 e. The van der Waals surface area contributed by atoms with Crippen LogP contribution in [0.2, 0.25) is 0 Å². The molecule has 124 valence electrons. The van der Waals surface area contributed by atoms with Crippen molar-refractivity contribution in [1.82, 2.24) is 10.6 Å². The summed E-state index contributed by atoms with van der Waals surface area (Å²) in [5.74, 6) is 0.278. The second kappa shape index (κ2) is 7.53. The van der Waals surface area contributed by atoms with Crippen molar-refractivity contribution in [3.8, 4) is 0 Å². The molecule has 1 heterocycles. The SMILES string of the molecule is C[C@@H](NC(=O)[C@@H]1CSc2ccccc21)C(=O)NCc1ccccc1. The molecule has 0 aliphatic carbocycles. The predicted octanol–water partition coefficient (Wildman–Crippen LogP) is 2.70. The fourth-order valence-corrected chi connectivity index (χ4v) is 3.93. The minimum absolute atomic E-state index is 0.0881. The summed E-state index contributed by atoms with van der Waals surface area (Å²) in [5.41, 5.74) is 2.09. The first-order valence-electron chi connectivity index (χ1n) is 7.99. The molecular weight excluding hydrogens is 320 g/mol. The third-order valence-corrected chi connectivity index (χ3v) is 5.26. The summed E-state index contributed by atoms with van der Waals surface area (Å²) < 4.78 is 0. The molecular formula is C19H20N2O2S. The summed E-state index contributed by atoms with van der Waals surface area (Å²) >= 11 is 1.69. The van der Waals surface area contributed by atoms with Crippen LogP contribution in [-0.2, 0) is 16.1 Å². The van der Waals surface area contributed by atoms with Crippen LogP contribution in [0, 0.1) is 0 Å². The number of nitrogens with one attached hydrogen (secondary N) is 2. The van der Waals surface area contributed by atoms with Gasteiger partial charge < -0.3 is 10.6 Å². The maximum Gasteiger partial charge on any atom is 0.242 e. The summed E-state index contributed by atoms with van der Waals surface area (Å²) in [4.78, 5) is 25.8. The van der Waals surface area contributed by atoms with E-state index < -0.39 is 6.04 Å². The van der Waals surface area contributed by atoms with Crippen LogP contribution in [-0.4, -0.2) is 23.6 Å². The van der Waals surface area contributed by atoms with Gasteiger partial charge in [-0.1, -0.05) is 48.5 Å². The van der Waals surface area contributed by atoms with E-state index in [2.05, 4.69) is 10.6 Å². The molecule has 1 aliphatic rings. The molecule has 0 fully saturated rings. The van der Waals surface area contributed by atoms with Crippen molar-refractivity contribution in [1.29, 1.82) is 0 Å². The number of amides is 2. The molecule has 1 aliphatic heterocycles. The number of thioether (sulfide) groups is 1. The van der Waals surface area contributed by atoms with Crippen molar-refractivity contribution in [3.63, 3.8) is 0 Å². The van der Waals surface area contributed by atoms with Gasteiger partial charge in [0.2, 0.25) is 11.8 Å². The minimum atomic E-state index is -0.557. The number of rotatable bonds is 5. The Kier molecular flexibility index (Phi) is 5.20. The van der Waals surface area contributed by atoms with E-state index in [0.29, 0.717) is 6.54 Å². The third kappa shape index (κ3) is 3.79. The Balaban J connectivity index is 1.54. The van der Waals surface area contributed by atoms with Gasteiger partial charge in [-0.05, 0) is 24.1 Å². The molecule has 2 aromatic rings. The van der Waals surface area contributed by atoms with Crippen molar-refractivity contribution in [2.45, 2.75) is 30.3 Å². The molecule has 0 radical (unpaired) electrons. The van der Waals surface area contributed by atoms with Gasteiger partial charge in [-0.3, -0.25) is 9.59 Å². The summed E-state index contributed by atoms with van der Waals surface area (Å²) in [5, 5.41) is 5.69. The maximum absolute atomic E-state index is 12.5. The molecule has 5 heteroatoms. The van der Waals surface area contributed by atoms with E-state index in [1.54, 1.807) is 18.7 Å². The average molecular weight is 340 g/mol. The highest BCUT2D eigenvalue weighted by molar-refractivity contribution is 7.99. The van der Waals surface area contributed by atoms with Crippen molar-refractivity contribution >= 4 is 23.6 Å². The molecule has 2 atom stereocenters. The molecule has 24 heavy (non-hydrogen) atoms. The molecule has 0 aromatic heterocycles. The van der Waals surface area contributed by atoms with Crippen molar-refractivity contribution in [2.75, 3.05) is 5.75 Å². The van der Waals surface area contributed by atoms with Gasteiger partial charge in [0.15, 0.2) is 0 Å². The summed E-state index contributed by atoms with van der Waals surface area (Å²) in [6, 6.07) is 17.1. The molecule has 4 nitrogen and oxygen atoms in total. The van der Waals surface area contributed by atoms with Gasteiger partial charge in [0.05, 0.1) is 5.92 Å². The van der Waals surface area contributed by atoms with Gasteiger partial charge in [-0.15, -0.1) is 11.8 Å². The van der Waals surface area contributed by atoms with E-state index in [1.165, 1.54) is 0 Å². The standard InChI is InChI=1S/C19H20N2O2S/c1-13(18(22)20-11-14-7-3-2-4-8-14)21-19(23)16-12-24-17-10-6-5-9-15(16)17/h2-10,13,16H,11-12H2,1H3,(H,20,22)(H,21,23)/t13-,16-/m1/s1. The van der Waals surface area contributed by atoms with Gasteiger partial charge >= 0.3 is 0 Å². The molecule has 0 bridgehead atoms. The van der Waals surface area contributed by atoms with Crippen molar-refractivity contribution in [2.24, 2.45) is 0 Å². The van der Waals surface area contributed by atoms with E-state index in [-0.39, 0.29) is 17.7 Å². The summed E-state index contributed by atoms with van der Waals surface area (Å²) in [6.07, 6.45) is 0. The highest BCUT2D eigenvalue weighted by Gasteiger charge is 2.30. The minimum Gasteiger partial charge on any atom is -0.350 e. The van der Waals surface area contributed by atoms with E-state index in [0.717, 1.165) is 21.8 Å². The van der Waals surface area contributed by atoms with E-state index in [9.17, 15) is 9.59 Å². The normalized spacial score (nSPS) is 17.0. The van der Waals surface area contributed by atoms with Gasteiger partial charge in [0.25, 0.3) is 0 Å². The lowest BCUT2D eigenvalue weighted by molar-refractivity contribution is -0.129. The Labute approximate surface area is 146 Å². The van der Waals surface area contributed by atoms with Crippen LogP contribution in [0.5, 0.6) is 0 Å². The van der Waals surface area contributed by atoms with Crippen molar-refractivity contribution in [3.05, 3.63) is 65.7 Å². The lowest BCUT2D eigenvalue weighted by atomic mass is 10.0. The predicted molar refractivity (Wildman–Crippen MR) is 95.8 cm³/mol. The maximum atomic E-state index is 12.5. The van der Waals surface area contributed by atoms with Crippen LogP contribution >= 0.6 is 11.8 Å². The number of benzene rings is 2. The topological polar surface area (TPSA) is 58.2 Å². The first-order chi connectivity index (χ1) is 11.6. The van der Waals surface area contributed by atoms with Crippen LogP contribution in [0.15, 0.2) is 59.5 Å². The molecule has 2 aromatic carbocycles.